The first-order valence-electron chi connectivity index (χ1n) is 11.6. The van der Waals surface area contributed by atoms with Crippen LogP contribution < -0.4 is 9.64 Å². The summed E-state index contributed by atoms with van der Waals surface area (Å²) in [5, 5.41) is 12.6. The summed E-state index contributed by atoms with van der Waals surface area (Å²) < 4.78 is 5.65. The van der Waals surface area contributed by atoms with Crippen molar-refractivity contribution in [2.75, 3.05) is 12.0 Å². The van der Waals surface area contributed by atoms with Crippen LogP contribution in [0.25, 0.3) is 0 Å². The van der Waals surface area contributed by atoms with E-state index in [1.165, 1.54) is 0 Å². The zero-order valence-electron chi connectivity index (χ0n) is 19.6. The maximum atomic E-state index is 12.6. The highest BCUT2D eigenvalue weighted by Crippen LogP contribution is 2.46. The molecular weight excluding hydrogens is 430 g/mol. The van der Waals surface area contributed by atoms with Crippen LogP contribution in [-0.4, -0.2) is 12.2 Å². The zero-order chi connectivity index (χ0) is 24.1. The van der Waals surface area contributed by atoms with E-state index in [1.54, 1.807) is 7.11 Å². The van der Waals surface area contributed by atoms with Crippen LogP contribution in [0.2, 0.25) is 0 Å². The average molecular weight is 458 g/mol. The van der Waals surface area contributed by atoms with Gasteiger partial charge in [0, 0.05) is 23.0 Å². The summed E-state index contributed by atoms with van der Waals surface area (Å²) in [5.74, 6) is 0.712. The number of hydrogen-bond acceptors (Lipinski definition) is 3. The van der Waals surface area contributed by atoms with E-state index in [-0.39, 0.29) is 0 Å². The topological polar surface area (TPSA) is 32.7 Å². The fourth-order valence-electron chi connectivity index (χ4n) is 4.55. The summed E-state index contributed by atoms with van der Waals surface area (Å²) in [6.07, 6.45) is 0. The molecule has 0 spiro atoms. The third-order valence-corrected chi connectivity index (χ3v) is 6.25. The van der Waals surface area contributed by atoms with Crippen LogP contribution >= 0.6 is 0 Å². The summed E-state index contributed by atoms with van der Waals surface area (Å²) in [4.78, 5) is 2.16. The van der Waals surface area contributed by atoms with Crippen LogP contribution in [-0.2, 0) is 5.60 Å². The van der Waals surface area contributed by atoms with Gasteiger partial charge in [-0.05, 0) is 47.5 Å². The van der Waals surface area contributed by atoms with Gasteiger partial charge in [0.05, 0.1) is 12.8 Å². The minimum Gasteiger partial charge on any atom is -0.497 e. The second-order valence-electron chi connectivity index (χ2n) is 8.33. The monoisotopic (exact) mass is 457 g/mol. The molecule has 0 heterocycles. The Balaban J connectivity index is 1.84. The van der Waals surface area contributed by atoms with Gasteiger partial charge >= 0.3 is 0 Å². The summed E-state index contributed by atoms with van der Waals surface area (Å²) in [6, 6.07) is 45.9. The Labute approximate surface area is 206 Å². The zero-order valence-corrected chi connectivity index (χ0v) is 19.6. The Kier molecular flexibility index (Phi) is 6.34. The molecule has 3 heteroatoms. The van der Waals surface area contributed by atoms with E-state index in [0.717, 1.165) is 33.8 Å². The lowest BCUT2D eigenvalue weighted by Crippen LogP contribution is -2.31. The van der Waals surface area contributed by atoms with Crippen molar-refractivity contribution in [2.45, 2.75) is 5.60 Å². The number of methoxy groups -OCH3 is 1. The molecule has 0 saturated carbocycles. The summed E-state index contributed by atoms with van der Waals surface area (Å²) in [7, 11) is 1.66. The number of hydrogen-bond donors (Lipinski definition) is 1. The fourth-order valence-corrected chi connectivity index (χ4v) is 4.55. The van der Waals surface area contributed by atoms with Crippen LogP contribution in [0.3, 0.4) is 0 Å². The second kappa shape index (κ2) is 9.88. The van der Waals surface area contributed by atoms with Gasteiger partial charge in [-0.3, -0.25) is 0 Å². The van der Waals surface area contributed by atoms with Gasteiger partial charge in [-0.15, -0.1) is 0 Å². The Morgan fingerprint density at radius 1 is 0.571 bits per heavy atom. The lowest BCUT2D eigenvalue weighted by Gasteiger charge is -2.36. The molecule has 0 atom stereocenters. The number of rotatable bonds is 7. The number of para-hydroxylation sites is 2. The molecule has 0 aliphatic heterocycles. The minimum absolute atomic E-state index is 0.712. The van der Waals surface area contributed by atoms with Crippen molar-refractivity contribution in [3.63, 3.8) is 0 Å². The molecule has 0 saturated heterocycles. The van der Waals surface area contributed by atoms with Crippen molar-refractivity contribution in [2.24, 2.45) is 0 Å². The van der Waals surface area contributed by atoms with Crippen LogP contribution in [0, 0.1) is 0 Å². The molecule has 172 valence electrons. The Morgan fingerprint density at radius 2 is 1.00 bits per heavy atom. The van der Waals surface area contributed by atoms with Gasteiger partial charge in [0.25, 0.3) is 0 Å². The van der Waals surface area contributed by atoms with Gasteiger partial charge in [-0.1, -0.05) is 97.1 Å². The largest absolute Gasteiger partial charge is 0.497 e. The quantitative estimate of drug-likeness (QED) is 0.258. The third kappa shape index (κ3) is 4.30. The Morgan fingerprint density at radius 3 is 1.43 bits per heavy atom. The van der Waals surface area contributed by atoms with E-state index in [0.29, 0.717) is 5.75 Å². The predicted octanol–water partition coefficient (Wildman–Crippen LogP) is 7.45. The molecule has 5 aromatic carbocycles. The molecule has 0 aliphatic carbocycles. The molecule has 35 heavy (non-hydrogen) atoms. The van der Waals surface area contributed by atoms with Crippen LogP contribution in [0.1, 0.15) is 16.7 Å². The van der Waals surface area contributed by atoms with Crippen molar-refractivity contribution < 1.29 is 9.84 Å². The maximum Gasteiger partial charge on any atom is 0.142 e. The first-order chi connectivity index (χ1) is 17.2. The SMILES string of the molecule is COc1ccc(C(O)(c2ccccc2)c2ccccc2)c(N(c2ccccc2)c2ccccc2)c1. The van der Waals surface area contributed by atoms with Gasteiger partial charge < -0.3 is 14.7 Å². The van der Waals surface area contributed by atoms with Crippen molar-refractivity contribution in [1.29, 1.82) is 0 Å². The lowest BCUT2D eigenvalue weighted by atomic mass is 9.79. The summed E-state index contributed by atoms with van der Waals surface area (Å²) in [6.45, 7) is 0. The van der Waals surface area contributed by atoms with Gasteiger partial charge in [0.15, 0.2) is 0 Å². The standard InChI is InChI=1S/C32H27NO2/c1-35-29-22-23-30(32(34,25-14-6-2-7-15-25)26-16-8-3-9-17-26)31(24-29)33(27-18-10-4-11-19-27)28-20-12-5-13-21-28/h2-24,34H,1H3. The van der Waals surface area contributed by atoms with Crippen molar-refractivity contribution in [1.82, 2.24) is 0 Å². The number of aliphatic hydroxyl groups is 1. The predicted molar refractivity (Wildman–Crippen MR) is 143 cm³/mol. The molecule has 0 unspecified atom stereocenters. The number of nitrogens with zero attached hydrogens (tertiary/aromatic N) is 1. The Hall–Kier alpha value is -4.34. The van der Waals surface area contributed by atoms with Crippen LogP contribution in [0.5, 0.6) is 5.75 Å². The number of ether oxygens (including phenoxy) is 1. The van der Waals surface area contributed by atoms with Crippen molar-refractivity contribution >= 4 is 17.1 Å². The van der Waals surface area contributed by atoms with Gasteiger partial charge in [0.1, 0.15) is 11.4 Å². The maximum absolute atomic E-state index is 12.6. The van der Waals surface area contributed by atoms with Gasteiger partial charge in [-0.25, -0.2) is 0 Å². The molecule has 0 radical (unpaired) electrons. The van der Waals surface area contributed by atoms with E-state index < -0.39 is 5.60 Å². The van der Waals surface area contributed by atoms with Crippen LogP contribution in [0.4, 0.5) is 17.1 Å². The number of benzene rings is 5. The third-order valence-electron chi connectivity index (χ3n) is 6.25. The first kappa shape index (κ1) is 22.5. The van der Waals surface area contributed by atoms with E-state index in [2.05, 4.69) is 29.2 Å². The van der Waals surface area contributed by atoms with E-state index >= 15 is 0 Å². The first-order valence-corrected chi connectivity index (χ1v) is 11.6. The average Bonchev–Trinajstić information content (AvgIpc) is 2.95. The molecule has 1 N–H and O–H groups in total. The minimum atomic E-state index is -1.40. The second-order valence-corrected chi connectivity index (χ2v) is 8.33. The molecule has 0 aliphatic rings. The molecule has 0 aromatic heterocycles. The molecule has 3 nitrogen and oxygen atoms in total. The lowest BCUT2D eigenvalue weighted by molar-refractivity contribution is 0.126. The summed E-state index contributed by atoms with van der Waals surface area (Å²) >= 11 is 0. The molecule has 0 amide bonds. The van der Waals surface area contributed by atoms with Gasteiger partial charge in [-0.2, -0.15) is 0 Å². The van der Waals surface area contributed by atoms with Crippen molar-refractivity contribution in [3.05, 3.63) is 156 Å². The highest BCUT2D eigenvalue weighted by atomic mass is 16.5. The molecular formula is C32H27NO2. The summed E-state index contributed by atoms with van der Waals surface area (Å²) in [5.41, 5.74) is 3.73. The number of anilines is 3. The van der Waals surface area contributed by atoms with Gasteiger partial charge in [0.2, 0.25) is 0 Å². The highest BCUT2D eigenvalue weighted by Gasteiger charge is 2.37. The molecule has 5 aromatic rings. The van der Waals surface area contributed by atoms with Crippen molar-refractivity contribution in [3.8, 4) is 5.75 Å². The smallest absolute Gasteiger partial charge is 0.142 e. The Bertz CT molecular complexity index is 1290. The fraction of sp³-hybridized carbons (Fsp3) is 0.0625. The highest BCUT2D eigenvalue weighted by molar-refractivity contribution is 5.81. The normalized spacial score (nSPS) is 11.1. The van der Waals surface area contributed by atoms with E-state index in [1.807, 2.05) is 115 Å². The molecule has 0 fully saturated rings. The molecule has 0 bridgehead atoms. The molecule has 5 rings (SSSR count). The van der Waals surface area contributed by atoms with Crippen LogP contribution in [0.15, 0.2) is 140 Å². The van der Waals surface area contributed by atoms with E-state index in [4.69, 9.17) is 4.74 Å². The van der Waals surface area contributed by atoms with E-state index in [9.17, 15) is 5.11 Å².